The largest absolute Gasteiger partial charge is 0.208 e. The van der Waals surface area contributed by atoms with E-state index in [0.29, 0.717) is 34.9 Å². The van der Waals surface area contributed by atoms with Crippen molar-refractivity contribution in [3.63, 3.8) is 0 Å². The van der Waals surface area contributed by atoms with Crippen molar-refractivity contribution in [2.75, 3.05) is 0 Å². The third-order valence-corrected chi connectivity index (χ3v) is 19.1. The first-order chi connectivity index (χ1) is 49.4. The average molecular weight is 1270 g/mol. The van der Waals surface area contributed by atoms with Crippen LogP contribution in [0.5, 0.6) is 0 Å². The number of hydrogen-bond donors (Lipinski definition) is 0. The number of benzene rings is 17. The minimum Gasteiger partial charge on any atom is -0.208 e. The van der Waals surface area contributed by atoms with Gasteiger partial charge in [-0.2, -0.15) is 0 Å². The highest BCUT2D eigenvalue weighted by atomic mass is 15.0. The Kier molecular flexibility index (Phi) is 15.1. The van der Waals surface area contributed by atoms with Crippen LogP contribution in [0.4, 0.5) is 0 Å². The Balaban J connectivity index is 0.000000145. The second kappa shape index (κ2) is 25.6. The Morgan fingerprint density at radius 3 is 0.530 bits per heavy atom. The Hall–Kier alpha value is -13.4. The number of nitrogens with zero attached hydrogens (tertiary/aromatic N) is 6. The van der Waals surface area contributed by atoms with Gasteiger partial charge in [-0.1, -0.05) is 297 Å². The highest BCUT2D eigenvalue weighted by Crippen LogP contribution is 2.37. The van der Waals surface area contributed by atoms with E-state index in [1.807, 2.05) is 30.3 Å². The molecule has 6 heteroatoms. The molecule has 0 unspecified atom stereocenters. The van der Waals surface area contributed by atoms with Crippen molar-refractivity contribution >= 4 is 75.4 Å². The number of hydrogen-bond acceptors (Lipinski definition) is 6. The van der Waals surface area contributed by atoms with E-state index in [1.165, 1.54) is 81.5 Å². The summed E-state index contributed by atoms with van der Waals surface area (Å²) < 4.78 is 0. The standard InChI is InChI=1S/C49H31N3.C45H29N3/c1-4-11-35-26-40(19-16-32(35)8-1)42-23-22-41-27-39(20-21-43(41)28-42)38-14-7-15-44(31-38)47-50-48(45-24-17-33-9-2-5-12-36(33)29-45)52-49(51-47)46-25-18-34-10-3-6-13-37(34)30-46;1-2-11-32(12-3-1)43-46-44(48-45(47-43)42-24-18-31-10-5-7-14-34(31)28-42)41-16-8-15-35(29-41)36-20-21-40-27-39(23-22-38(40)26-36)37-19-17-30-9-4-6-13-33(30)25-37/h1-31H;1-29H. The van der Waals surface area contributed by atoms with Crippen molar-refractivity contribution in [2.45, 2.75) is 0 Å². The molecule has 0 aliphatic heterocycles. The third kappa shape index (κ3) is 11.9. The van der Waals surface area contributed by atoms with Gasteiger partial charge in [0.1, 0.15) is 0 Å². The van der Waals surface area contributed by atoms with Gasteiger partial charge in [-0.3, -0.25) is 0 Å². The summed E-state index contributed by atoms with van der Waals surface area (Å²) in [7, 11) is 0. The summed E-state index contributed by atoms with van der Waals surface area (Å²) in [6.45, 7) is 0. The van der Waals surface area contributed by atoms with Gasteiger partial charge >= 0.3 is 0 Å². The molecular weight excluding hydrogens is 1210 g/mol. The molecule has 0 atom stereocenters. The van der Waals surface area contributed by atoms with Crippen LogP contribution in [0.25, 0.3) is 188 Å². The first kappa shape index (κ1) is 59.1. The molecule has 0 spiro atoms. The normalized spacial score (nSPS) is 11.4. The van der Waals surface area contributed by atoms with Gasteiger partial charge in [0.15, 0.2) is 34.9 Å². The van der Waals surface area contributed by atoms with E-state index in [4.69, 9.17) is 29.9 Å². The minimum absolute atomic E-state index is 0.643. The summed E-state index contributed by atoms with van der Waals surface area (Å²) in [6, 6.07) is 129. The van der Waals surface area contributed by atoms with E-state index in [-0.39, 0.29) is 0 Å². The maximum atomic E-state index is 5.09. The quantitative estimate of drug-likeness (QED) is 0.136. The Bertz CT molecular complexity index is 6280. The molecule has 2 aromatic heterocycles. The van der Waals surface area contributed by atoms with Crippen molar-refractivity contribution in [2.24, 2.45) is 0 Å². The molecule has 0 N–H and O–H groups in total. The van der Waals surface area contributed by atoms with E-state index in [1.54, 1.807) is 0 Å². The highest BCUT2D eigenvalue weighted by Gasteiger charge is 2.17. The molecule has 0 amide bonds. The first-order valence-corrected chi connectivity index (χ1v) is 33.8. The third-order valence-electron chi connectivity index (χ3n) is 19.1. The van der Waals surface area contributed by atoms with Crippen LogP contribution < -0.4 is 0 Å². The zero-order valence-electron chi connectivity index (χ0n) is 54.3. The van der Waals surface area contributed by atoms with Gasteiger partial charge in [0.05, 0.1) is 0 Å². The van der Waals surface area contributed by atoms with E-state index in [0.717, 1.165) is 71.8 Å². The lowest BCUT2D eigenvalue weighted by Crippen LogP contribution is -2.00. The van der Waals surface area contributed by atoms with Crippen LogP contribution in [0.15, 0.2) is 364 Å². The molecule has 19 rings (SSSR count). The van der Waals surface area contributed by atoms with E-state index in [2.05, 4.69) is 334 Å². The van der Waals surface area contributed by atoms with Crippen molar-refractivity contribution in [3.8, 4) is 113 Å². The van der Waals surface area contributed by atoms with Crippen LogP contribution in [0.3, 0.4) is 0 Å². The SMILES string of the molecule is c1cc(-c2ccc3cc(-c4ccc5ccccc5c4)ccc3c2)cc(-c2nc(-c3ccc4ccccc4c3)nc(-c3ccc4ccccc4c3)n2)c1.c1ccc(-c2nc(-c3cccc(-c4ccc5cc(-c6ccc7ccccc7c6)ccc5c4)c3)nc(-c3ccc4ccccc4c3)n2)cc1. The molecule has 466 valence electrons. The molecular formula is C94H60N6. The second-order valence-corrected chi connectivity index (χ2v) is 25.5. The van der Waals surface area contributed by atoms with Crippen molar-refractivity contribution < 1.29 is 0 Å². The summed E-state index contributed by atoms with van der Waals surface area (Å²) >= 11 is 0. The summed E-state index contributed by atoms with van der Waals surface area (Å²) in [5.41, 5.74) is 15.1. The van der Waals surface area contributed by atoms with E-state index < -0.39 is 0 Å². The fraction of sp³-hybridized carbons (Fsp3) is 0. The monoisotopic (exact) mass is 1270 g/mol. The maximum absolute atomic E-state index is 5.09. The molecule has 0 radical (unpaired) electrons. The van der Waals surface area contributed by atoms with Gasteiger partial charge in [-0.05, 0) is 187 Å². The zero-order chi connectivity index (χ0) is 66.3. The van der Waals surface area contributed by atoms with Crippen LogP contribution in [-0.4, -0.2) is 29.9 Å². The van der Waals surface area contributed by atoms with E-state index >= 15 is 0 Å². The molecule has 0 fully saturated rings. The number of rotatable bonds is 10. The fourth-order valence-corrected chi connectivity index (χ4v) is 13.7. The van der Waals surface area contributed by atoms with Crippen LogP contribution >= 0.6 is 0 Å². The average Bonchev–Trinajstić information content (AvgIpc) is 0.802. The lowest BCUT2D eigenvalue weighted by atomic mass is 9.96. The molecule has 0 saturated carbocycles. The van der Waals surface area contributed by atoms with Gasteiger partial charge in [-0.25, -0.2) is 29.9 Å². The fourth-order valence-electron chi connectivity index (χ4n) is 13.7. The topological polar surface area (TPSA) is 77.3 Å². The molecule has 19 aromatic rings. The number of fused-ring (bicyclic) bond motifs is 7. The van der Waals surface area contributed by atoms with Gasteiger partial charge in [0.2, 0.25) is 0 Å². The Labute approximate surface area is 578 Å². The smallest absolute Gasteiger partial charge is 0.164 e. The van der Waals surface area contributed by atoms with Crippen LogP contribution in [0.1, 0.15) is 0 Å². The summed E-state index contributed by atoms with van der Waals surface area (Å²) in [4.78, 5) is 30.2. The predicted molar refractivity (Wildman–Crippen MR) is 417 cm³/mol. The van der Waals surface area contributed by atoms with Crippen LogP contribution in [0, 0.1) is 0 Å². The number of aromatic nitrogens is 6. The Morgan fingerprint density at radius 1 is 0.100 bits per heavy atom. The lowest BCUT2D eigenvalue weighted by Gasteiger charge is -2.11. The molecule has 6 nitrogen and oxygen atoms in total. The van der Waals surface area contributed by atoms with Gasteiger partial charge < -0.3 is 0 Å². The molecule has 0 aliphatic carbocycles. The van der Waals surface area contributed by atoms with Gasteiger partial charge in [0.25, 0.3) is 0 Å². The van der Waals surface area contributed by atoms with Gasteiger partial charge in [0, 0.05) is 33.4 Å². The zero-order valence-corrected chi connectivity index (χ0v) is 54.3. The van der Waals surface area contributed by atoms with Crippen molar-refractivity contribution in [3.05, 3.63) is 364 Å². The van der Waals surface area contributed by atoms with Crippen LogP contribution in [-0.2, 0) is 0 Å². The van der Waals surface area contributed by atoms with Crippen LogP contribution in [0.2, 0.25) is 0 Å². The molecule has 17 aromatic carbocycles. The second-order valence-electron chi connectivity index (χ2n) is 25.5. The van der Waals surface area contributed by atoms with E-state index in [9.17, 15) is 0 Å². The molecule has 0 aliphatic rings. The molecule has 0 saturated heterocycles. The van der Waals surface area contributed by atoms with Crippen molar-refractivity contribution in [1.82, 2.24) is 29.9 Å². The summed E-state index contributed by atoms with van der Waals surface area (Å²) in [5, 5.41) is 16.9. The van der Waals surface area contributed by atoms with Crippen molar-refractivity contribution in [1.29, 1.82) is 0 Å². The Morgan fingerprint density at radius 2 is 0.260 bits per heavy atom. The molecule has 2 heterocycles. The highest BCUT2D eigenvalue weighted by molar-refractivity contribution is 5.97. The van der Waals surface area contributed by atoms with Gasteiger partial charge in [-0.15, -0.1) is 0 Å². The maximum Gasteiger partial charge on any atom is 0.164 e. The first-order valence-electron chi connectivity index (χ1n) is 33.8. The predicted octanol–water partition coefficient (Wildman–Crippen LogP) is 24.5. The lowest BCUT2D eigenvalue weighted by molar-refractivity contribution is 1.07. The molecule has 100 heavy (non-hydrogen) atoms. The molecule has 0 bridgehead atoms. The summed E-state index contributed by atoms with van der Waals surface area (Å²) in [5.74, 6) is 3.90. The summed E-state index contributed by atoms with van der Waals surface area (Å²) in [6.07, 6.45) is 0. The minimum atomic E-state index is 0.643.